The van der Waals surface area contributed by atoms with E-state index < -0.39 is 0 Å². The van der Waals surface area contributed by atoms with Gasteiger partial charge in [-0.25, -0.2) is 4.98 Å². The number of para-hydroxylation sites is 2. The van der Waals surface area contributed by atoms with Crippen LogP contribution in [0.5, 0.6) is 11.5 Å². The molecule has 1 heterocycles. The molecule has 0 spiro atoms. The van der Waals surface area contributed by atoms with Crippen molar-refractivity contribution in [2.24, 2.45) is 7.05 Å². The largest absolute Gasteiger partial charge is 0.493 e. The van der Waals surface area contributed by atoms with Crippen LogP contribution in [0.15, 0.2) is 35.1 Å². The Balaban J connectivity index is 2.10. The lowest BCUT2D eigenvalue weighted by Crippen LogP contribution is -2.04. The zero-order chi connectivity index (χ0) is 12.3. The molecule has 0 unspecified atom stereocenters. The first-order chi connectivity index (χ1) is 8.22. The van der Waals surface area contributed by atoms with Crippen LogP contribution in [0, 0.1) is 0 Å². The van der Waals surface area contributed by atoms with Crippen molar-refractivity contribution in [1.82, 2.24) is 9.55 Å². The number of rotatable bonds is 4. The first kappa shape index (κ1) is 12.0. The third-order valence-corrected chi connectivity index (χ3v) is 3.19. The Morgan fingerprint density at radius 1 is 1.29 bits per heavy atom. The van der Waals surface area contributed by atoms with Crippen molar-refractivity contribution in [3.8, 4) is 11.5 Å². The predicted molar refractivity (Wildman–Crippen MR) is 68.2 cm³/mol. The van der Waals surface area contributed by atoms with Gasteiger partial charge in [-0.05, 0) is 28.1 Å². The first-order valence-electron chi connectivity index (χ1n) is 5.14. The molecule has 0 aliphatic carbocycles. The van der Waals surface area contributed by atoms with Crippen molar-refractivity contribution in [3.63, 3.8) is 0 Å². The van der Waals surface area contributed by atoms with Gasteiger partial charge < -0.3 is 14.0 Å². The summed E-state index contributed by atoms with van der Waals surface area (Å²) in [5.74, 6) is 2.29. The number of benzene rings is 1. The lowest BCUT2D eigenvalue weighted by atomic mass is 10.3. The number of imidazole rings is 1. The van der Waals surface area contributed by atoms with Crippen LogP contribution in [-0.4, -0.2) is 16.7 Å². The zero-order valence-electron chi connectivity index (χ0n) is 9.68. The van der Waals surface area contributed by atoms with Crippen LogP contribution in [0.4, 0.5) is 0 Å². The third-order valence-electron chi connectivity index (χ3n) is 2.45. The molecule has 0 aliphatic heterocycles. The second-order valence-corrected chi connectivity index (χ2v) is 4.31. The number of hydrogen-bond acceptors (Lipinski definition) is 3. The number of aromatic nitrogens is 2. The molecule has 17 heavy (non-hydrogen) atoms. The van der Waals surface area contributed by atoms with Crippen LogP contribution in [0.1, 0.15) is 5.82 Å². The third kappa shape index (κ3) is 2.61. The van der Waals surface area contributed by atoms with Gasteiger partial charge in [-0.15, -0.1) is 0 Å². The molecule has 1 aromatic heterocycles. The topological polar surface area (TPSA) is 36.3 Å². The van der Waals surface area contributed by atoms with Crippen molar-refractivity contribution >= 4 is 15.9 Å². The summed E-state index contributed by atoms with van der Waals surface area (Å²) in [5.41, 5.74) is 0. The average Bonchev–Trinajstić information content (AvgIpc) is 2.68. The molecule has 0 aliphatic rings. The van der Waals surface area contributed by atoms with Crippen LogP contribution in [0.25, 0.3) is 0 Å². The Kier molecular flexibility index (Phi) is 3.68. The Labute approximate surface area is 108 Å². The summed E-state index contributed by atoms with van der Waals surface area (Å²) in [6.07, 6.45) is 1.75. The number of methoxy groups -OCH3 is 1. The summed E-state index contributed by atoms with van der Waals surface area (Å²) in [7, 11) is 3.55. The maximum atomic E-state index is 5.68. The summed E-state index contributed by atoms with van der Waals surface area (Å²) in [6, 6.07) is 7.55. The summed E-state index contributed by atoms with van der Waals surface area (Å²) in [6.45, 7) is 0.405. The molecule has 0 saturated heterocycles. The molecule has 90 valence electrons. The molecule has 0 N–H and O–H groups in total. The minimum Gasteiger partial charge on any atom is -0.493 e. The highest BCUT2D eigenvalue weighted by Gasteiger charge is 2.07. The fourth-order valence-corrected chi connectivity index (χ4v) is 1.75. The second kappa shape index (κ2) is 5.23. The molecule has 1 aromatic carbocycles. The van der Waals surface area contributed by atoms with Crippen LogP contribution in [-0.2, 0) is 13.7 Å². The quantitative estimate of drug-likeness (QED) is 0.870. The fraction of sp³-hybridized carbons (Fsp3) is 0.250. The van der Waals surface area contributed by atoms with Crippen LogP contribution in [0.2, 0.25) is 0 Å². The van der Waals surface area contributed by atoms with Crippen LogP contribution >= 0.6 is 15.9 Å². The van der Waals surface area contributed by atoms with Gasteiger partial charge in [-0.1, -0.05) is 12.1 Å². The molecule has 0 bridgehead atoms. The van der Waals surface area contributed by atoms with E-state index in [0.29, 0.717) is 12.4 Å². The highest BCUT2D eigenvalue weighted by Crippen LogP contribution is 2.26. The summed E-state index contributed by atoms with van der Waals surface area (Å²) >= 11 is 3.39. The van der Waals surface area contributed by atoms with Gasteiger partial charge in [0.05, 0.1) is 13.3 Å². The second-order valence-electron chi connectivity index (χ2n) is 3.50. The molecule has 0 radical (unpaired) electrons. The normalized spacial score (nSPS) is 10.3. The van der Waals surface area contributed by atoms with Crippen LogP contribution < -0.4 is 9.47 Å². The van der Waals surface area contributed by atoms with Gasteiger partial charge in [-0.2, -0.15) is 0 Å². The molecule has 0 amide bonds. The van der Waals surface area contributed by atoms with Gasteiger partial charge in [0.15, 0.2) is 11.5 Å². The van der Waals surface area contributed by atoms with E-state index >= 15 is 0 Å². The maximum absolute atomic E-state index is 5.68. The predicted octanol–water partition coefficient (Wildman–Crippen LogP) is 2.77. The maximum Gasteiger partial charge on any atom is 0.161 e. The van der Waals surface area contributed by atoms with Crippen molar-refractivity contribution < 1.29 is 9.47 Å². The van der Waals surface area contributed by atoms with Gasteiger partial charge in [0, 0.05) is 7.05 Å². The summed E-state index contributed by atoms with van der Waals surface area (Å²) in [5, 5.41) is 0. The average molecular weight is 297 g/mol. The Morgan fingerprint density at radius 2 is 2.00 bits per heavy atom. The summed E-state index contributed by atoms with van der Waals surface area (Å²) < 4.78 is 13.7. The molecule has 2 aromatic rings. The van der Waals surface area contributed by atoms with E-state index in [1.54, 1.807) is 13.3 Å². The Bertz CT molecular complexity index is 511. The van der Waals surface area contributed by atoms with Gasteiger partial charge in [0.2, 0.25) is 0 Å². The highest BCUT2D eigenvalue weighted by atomic mass is 79.9. The smallest absolute Gasteiger partial charge is 0.161 e. The lowest BCUT2D eigenvalue weighted by molar-refractivity contribution is 0.273. The molecular weight excluding hydrogens is 284 g/mol. The molecule has 0 fully saturated rings. The van der Waals surface area contributed by atoms with E-state index in [1.807, 2.05) is 35.9 Å². The number of hydrogen-bond donors (Lipinski definition) is 0. The monoisotopic (exact) mass is 296 g/mol. The van der Waals surface area contributed by atoms with E-state index in [9.17, 15) is 0 Å². The van der Waals surface area contributed by atoms with E-state index in [4.69, 9.17) is 9.47 Å². The standard InChI is InChI=1S/C12H13BrN2O2/c1-15-11(13)7-14-12(15)8-17-10-6-4-3-5-9(10)16-2/h3-7H,8H2,1-2H3. The molecule has 0 atom stereocenters. The highest BCUT2D eigenvalue weighted by molar-refractivity contribution is 9.10. The molecule has 0 saturated carbocycles. The van der Waals surface area contributed by atoms with Crippen LogP contribution in [0.3, 0.4) is 0 Å². The SMILES string of the molecule is COc1ccccc1OCc1ncc(Br)n1C. The van der Waals surface area contributed by atoms with E-state index in [0.717, 1.165) is 16.2 Å². The fourth-order valence-electron chi connectivity index (χ4n) is 1.44. The summed E-state index contributed by atoms with van der Waals surface area (Å²) in [4.78, 5) is 4.24. The van der Waals surface area contributed by atoms with E-state index in [1.165, 1.54) is 0 Å². The molecular formula is C12H13BrN2O2. The van der Waals surface area contributed by atoms with Gasteiger partial charge in [0.25, 0.3) is 0 Å². The molecule has 4 nitrogen and oxygen atoms in total. The lowest BCUT2D eigenvalue weighted by Gasteiger charge is -2.10. The zero-order valence-corrected chi connectivity index (χ0v) is 11.3. The minimum atomic E-state index is 0.405. The van der Waals surface area contributed by atoms with Gasteiger partial charge >= 0.3 is 0 Å². The van der Waals surface area contributed by atoms with Crippen molar-refractivity contribution in [2.45, 2.75) is 6.61 Å². The van der Waals surface area contributed by atoms with Crippen molar-refractivity contribution in [2.75, 3.05) is 7.11 Å². The van der Waals surface area contributed by atoms with Crippen molar-refractivity contribution in [1.29, 1.82) is 0 Å². The van der Waals surface area contributed by atoms with E-state index in [-0.39, 0.29) is 0 Å². The first-order valence-corrected chi connectivity index (χ1v) is 5.93. The molecule has 2 rings (SSSR count). The van der Waals surface area contributed by atoms with Gasteiger partial charge in [-0.3, -0.25) is 0 Å². The van der Waals surface area contributed by atoms with E-state index in [2.05, 4.69) is 20.9 Å². The minimum absolute atomic E-state index is 0.405. The number of nitrogens with zero attached hydrogens (tertiary/aromatic N) is 2. The Hall–Kier alpha value is -1.49. The number of ether oxygens (including phenoxy) is 2. The van der Waals surface area contributed by atoms with Gasteiger partial charge in [0.1, 0.15) is 17.0 Å². The molecule has 5 heteroatoms. The van der Waals surface area contributed by atoms with Crippen molar-refractivity contribution in [3.05, 3.63) is 40.9 Å². The Morgan fingerprint density at radius 3 is 2.59 bits per heavy atom. The number of halogens is 1.